The number of carbonyl (C=O) groups is 1. The number of benzene rings is 3. The molecule has 0 atom stereocenters. The fraction of sp³-hybridized carbons (Fsp3) is 0.174. The molecule has 0 radical (unpaired) electrons. The molecule has 142 valence electrons. The molecule has 0 spiro atoms. The summed E-state index contributed by atoms with van der Waals surface area (Å²) in [5, 5.41) is 3.08. The van der Waals surface area contributed by atoms with Crippen LogP contribution in [0.2, 0.25) is 0 Å². The summed E-state index contributed by atoms with van der Waals surface area (Å²) < 4.78 is 18.1. The molecule has 0 aliphatic rings. The summed E-state index contributed by atoms with van der Waals surface area (Å²) in [7, 11) is 1.89. The number of rotatable bonds is 4. The van der Waals surface area contributed by atoms with Gasteiger partial charge in [-0.1, -0.05) is 49.7 Å². The third kappa shape index (κ3) is 7.74. The highest BCUT2D eigenvalue weighted by molar-refractivity contribution is 5.74. The van der Waals surface area contributed by atoms with Crippen molar-refractivity contribution in [1.29, 1.82) is 0 Å². The fourth-order valence-electron chi connectivity index (χ4n) is 2.03. The molecule has 3 aromatic carbocycles. The van der Waals surface area contributed by atoms with Gasteiger partial charge in [0, 0.05) is 18.8 Å². The van der Waals surface area contributed by atoms with E-state index in [-0.39, 0.29) is 5.56 Å². The molecule has 27 heavy (non-hydrogen) atoms. The average Bonchev–Trinajstić information content (AvgIpc) is 2.72. The van der Waals surface area contributed by atoms with Crippen LogP contribution >= 0.6 is 0 Å². The second kappa shape index (κ2) is 12.3. The molecule has 0 fully saturated rings. The van der Waals surface area contributed by atoms with Gasteiger partial charge in [0.2, 0.25) is 0 Å². The summed E-state index contributed by atoms with van der Waals surface area (Å²) in [4.78, 5) is 9.99. The quantitative estimate of drug-likeness (QED) is 0.535. The van der Waals surface area contributed by atoms with Gasteiger partial charge in [0.05, 0.1) is 5.56 Å². The van der Waals surface area contributed by atoms with Gasteiger partial charge in [-0.15, -0.1) is 0 Å². The van der Waals surface area contributed by atoms with E-state index in [1.807, 2.05) is 69.4 Å². The van der Waals surface area contributed by atoms with Gasteiger partial charge in [-0.2, -0.15) is 0 Å². The van der Waals surface area contributed by atoms with E-state index < -0.39 is 5.82 Å². The lowest BCUT2D eigenvalue weighted by atomic mass is 10.2. The molecular weight excluding hydrogens is 341 g/mol. The predicted octanol–water partition coefficient (Wildman–Crippen LogP) is 6.49. The van der Waals surface area contributed by atoms with Gasteiger partial charge in [-0.25, -0.2) is 4.39 Å². The Morgan fingerprint density at radius 2 is 1.56 bits per heavy atom. The van der Waals surface area contributed by atoms with Crippen LogP contribution in [0.3, 0.4) is 0 Å². The second-order valence-corrected chi connectivity index (χ2v) is 5.33. The van der Waals surface area contributed by atoms with Crippen molar-refractivity contribution < 1.29 is 13.9 Å². The van der Waals surface area contributed by atoms with Crippen LogP contribution in [0.1, 0.15) is 29.8 Å². The van der Waals surface area contributed by atoms with Crippen molar-refractivity contribution in [2.24, 2.45) is 0 Å². The Bertz CT molecular complexity index is 817. The number of halogens is 1. The first kappa shape index (κ1) is 21.9. The van der Waals surface area contributed by atoms with Crippen molar-refractivity contribution in [2.45, 2.75) is 20.8 Å². The number of nitrogens with one attached hydrogen (secondary N) is 1. The van der Waals surface area contributed by atoms with Crippen molar-refractivity contribution in [3.05, 3.63) is 89.7 Å². The Morgan fingerprint density at radius 1 is 0.889 bits per heavy atom. The minimum Gasteiger partial charge on any atom is -0.457 e. The monoisotopic (exact) mass is 367 g/mol. The van der Waals surface area contributed by atoms with Gasteiger partial charge in [-0.05, 0) is 43.3 Å². The van der Waals surface area contributed by atoms with Gasteiger partial charge < -0.3 is 10.1 Å². The summed E-state index contributed by atoms with van der Waals surface area (Å²) in [5.41, 5.74) is 2.39. The van der Waals surface area contributed by atoms with Gasteiger partial charge in [-0.3, -0.25) is 4.79 Å². The Hall–Kier alpha value is -3.14. The highest BCUT2D eigenvalue weighted by atomic mass is 19.1. The third-order valence-electron chi connectivity index (χ3n) is 3.41. The summed E-state index contributed by atoms with van der Waals surface area (Å²) in [6.45, 7) is 6.06. The minimum atomic E-state index is -0.465. The number of hydrogen-bond acceptors (Lipinski definition) is 3. The lowest BCUT2D eigenvalue weighted by Gasteiger charge is -2.07. The highest BCUT2D eigenvalue weighted by Crippen LogP contribution is 2.23. The maximum atomic E-state index is 12.4. The molecule has 0 unspecified atom stereocenters. The highest BCUT2D eigenvalue weighted by Gasteiger charge is 1.97. The van der Waals surface area contributed by atoms with Crippen molar-refractivity contribution in [3.8, 4) is 11.5 Å². The van der Waals surface area contributed by atoms with Crippen molar-refractivity contribution in [1.82, 2.24) is 0 Å². The lowest BCUT2D eigenvalue weighted by molar-refractivity contribution is 0.112. The van der Waals surface area contributed by atoms with E-state index in [4.69, 9.17) is 4.74 Å². The predicted molar refractivity (Wildman–Crippen MR) is 110 cm³/mol. The molecule has 0 bridgehead atoms. The lowest BCUT2D eigenvalue weighted by Crippen LogP contribution is -1.89. The van der Waals surface area contributed by atoms with E-state index in [2.05, 4.69) is 12.2 Å². The number of carbonyl (C=O) groups excluding carboxylic acids is 1. The zero-order valence-corrected chi connectivity index (χ0v) is 16.2. The van der Waals surface area contributed by atoms with E-state index in [9.17, 15) is 9.18 Å². The summed E-state index contributed by atoms with van der Waals surface area (Å²) in [5.74, 6) is 1.24. The largest absolute Gasteiger partial charge is 0.457 e. The number of aldehydes is 1. The topological polar surface area (TPSA) is 38.3 Å². The van der Waals surface area contributed by atoms with Crippen LogP contribution in [0.15, 0.2) is 72.8 Å². The van der Waals surface area contributed by atoms with E-state index in [0.717, 1.165) is 17.2 Å². The van der Waals surface area contributed by atoms with E-state index in [1.165, 1.54) is 17.7 Å². The van der Waals surface area contributed by atoms with E-state index in [1.54, 1.807) is 12.1 Å². The van der Waals surface area contributed by atoms with Crippen LogP contribution in [0.4, 0.5) is 10.1 Å². The van der Waals surface area contributed by atoms with Crippen molar-refractivity contribution in [2.75, 3.05) is 12.4 Å². The van der Waals surface area contributed by atoms with Gasteiger partial charge in [0.15, 0.2) is 6.29 Å². The molecule has 0 saturated heterocycles. The molecule has 3 rings (SSSR count). The Morgan fingerprint density at radius 3 is 2.11 bits per heavy atom. The third-order valence-corrected chi connectivity index (χ3v) is 3.41. The van der Waals surface area contributed by atoms with Gasteiger partial charge in [0.25, 0.3) is 0 Å². The second-order valence-electron chi connectivity index (χ2n) is 5.33. The minimum absolute atomic E-state index is 0.109. The van der Waals surface area contributed by atoms with E-state index >= 15 is 0 Å². The van der Waals surface area contributed by atoms with Crippen molar-refractivity contribution in [3.63, 3.8) is 0 Å². The molecule has 0 aromatic heterocycles. The maximum Gasteiger partial charge on any atom is 0.152 e. The Labute approximate surface area is 160 Å². The van der Waals surface area contributed by atoms with E-state index in [0.29, 0.717) is 6.29 Å². The van der Waals surface area contributed by atoms with Gasteiger partial charge >= 0.3 is 0 Å². The molecule has 3 aromatic rings. The summed E-state index contributed by atoms with van der Waals surface area (Å²) >= 11 is 0. The first-order valence-electron chi connectivity index (χ1n) is 8.84. The average molecular weight is 367 g/mol. The van der Waals surface area contributed by atoms with Crippen LogP contribution < -0.4 is 10.1 Å². The van der Waals surface area contributed by atoms with Gasteiger partial charge in [0.1, 0.15) is 17.3 Å². The van der Waals surface area contributed by atoms with Crippen LogP contribution in [-0.4, -0.2) is 13.3 Å². The Balaban J connectivity index is 0.000000282. The zero-order chi connectivity index (χ0) is 20.1. The maximum absolute atomic E-state index is 12.4. The first-order valence-corrected chi connectivity index (χ1v) is 8.84. The van der Waals surface area contributed by atoms with Crippen LogP contribution in [0, 0.1) is 12.7 Å². The van der Waals surface area contributed by atoms with Crippen LogP contribution in [-0.2, 0) is 0 Å². The van der Waals surface area contributed by atoms with Crippen molar-refractivity contribution >= 4 is 12.0 Å². The molecule has 0 aliphatic carbocycles. The standard InChI is InChI=1S/C14H15NO.C7H5FO.C2H6/c1-11-6-8-13(9-7-11)16-14-5-3-4-12(10-14)15-2;8-7-4-2-1-3-6(7)5-9;1-2/h3-10,15H,1-2H3;1-5H;1-2H3. The molecule has 0 heterocycles. The molecular formula is C23H26FNO2. The zero-order valence-electron chi connectivity index (χ0n) is 16.2. The Kier molecular flexibility index (Phi) is 9.94. The molecule has 3 nitrogen and oxygen atoms in total. The number of aryl methyl sites for hydroxylation is 1. The molecule has 0 amide bonds. The number of ether oxygens (including phenoxy) is 1. The fourth-order valence-corrected chi connectivity index (χ4v) is 2.03. The molecule has 4 heteroatoms. The molecule has 1 N–H and O–H groups in total. The molecule has 0 saturated carbocycles. The summed E-state index contributed by atoms with van der Waals surface area (Å²) in [6, 6.07) is 21.8. The number of hydrogen-bond donors (Lipinski definition) is 1. The first-order chi connectivity index (χ1) is 13.1. The normalized spacial score (nSPS) is 9.07. The SMILES string of the molecule is CC.CNc1cccc(Oc2ccc(C)cc2)c1.O=Cc1ccccc1F. The summed E-state index contributed by atoms with van der Waals surface area (Å²) in [6.07, 6.45) is 0.495. The van der Waals surface area contributed by atoms with Crippen LogP contribution in [0.25, 0.3) is 0 Å². The van der Waals surface area contributed by atoms with Crippen LogP contribution in [0.5, 0.6) is 11.5 Å². The smallest absolute Gasteiger partial charge is 0.152 e. The molecule has 0 aliphatic heterocycles. The number of anilines is 1.